The minimum Gasteiger partial charge on any atom is -0.490 e. The van der Waals surface area contributed by atoms with Crippen LogP contribution in [0.2, 0.25) is 0 Å². The third-order valence-electron chi connectivity index (χ3n) is 5.11. The summed E-state index contributed by atoms with van der Waals surface area (Å²) in [4.78, 5) is 6.65. The molecule has 0 unspecified atom stereocenters. The van der Waals surface area contributed by atoms with Crippen molar-refractivity contribution in [1.29, 1.82) is 0 Å². The van der Waals surface area contributed by atoms with E-state index in [1.54, 1.807) is 7.05 Å². The van der Waals surface area contributed by atoms with Crippen LogP contribution in [-0.2, 0) is 22.3 Å². The Morgan fingerprint density at radius 3 is 2.47 bits per heavy atom. The van der Waals surface area contributed by atoms with Gasteiger partial charge in [-0.1, -0.05) is 42.5 Å². The van der Waals surface area contributed by atoms with Gasteiger partial charge in [0.05, 0.1) is 5.75 Å². The molecular weight excluding hydrogens is 400 g/mol. The highest BCUT2D eigenvalue weighted by molar-refractivity contribution is 7.88. The molecule has 1 aliphatic rings. The summed E-state index contributed by atoms with van der Waals surface area (Å²) in [6.45, 7) is 2.33. The Labute approximate surface area is 179 Å². The van der Waals surface area contributed by atoms with E-state index in [1.807, 2.05) is 54.6 Å². The summed E-state index contributed by atoms with van der Waals surface area (Å²) in [6.07, 6.45) is 2.09. The predicted octanol–water partition coefficient (Wildman–Crippen LogP) is 2.35. The van der Waals surface area contributed by atoms with E-state index in [2.05, 4.69) is 19.9 Å². The van der Waals surface area contributed by atoms with Crippen molar-refractivity contribution in [1.82, 2.24) is 14.9 Å². The van der Waals surface area contributed by atoms with Crippen LogP contribution in [0.5, 0.6) is 5.75 Å². The van der Waals surface area contributed by atoms with Gasteiger partial charge in [0, 0.05) is 39.5 Å². The van der Waals surface area contributed by atoms with Crippen molar-refractivity contribution >= 4 is 16.0 Å². The Bertz CT molecular complexity index is 940. The third-order valence-corrected chi connectivity index (χ3v) is 6.44. The molecule has 2 aromatic rings. The molecule has 0 saturated carbocycles. The molecule has 2 aromatic carbocycles. The lowest BCUT2D eigenvalue weighted by Gasteiger charge is -2.34. The minimum absolute atomic E-state index is 0.0268. The first kappa shape index (κ1) is 22.1. The fourth-order valence-electron chi connectivity index (χ4n) is 3.51. The number of hydrogen-bond acceptors (Lipinski definition) is 4. The van der Waals surface area contributed by atoms with Crippen molar-refractivity contribution in [3.8, 4) is 5.75 Å². The van der Waals surface area contributed by atoms with E-state index in [1.165, 1.54) is 7.05 Å². The zero-order valence-electron chi connectivity index (χ0n) is 17.5. The molecule has 0 radical (unpaired) electrons. The van der Waals surface area contributed by atoms with Gasteiger partial charge in [0.2, 0.25) is 10.0 Å². The smallest absolute Gasteiger partial charge is 0.215 e. The summed E-state index contributed by atoms with van der Waals surface area (Å²) in [7, 11) is -0.0726. The zero-order valence-corrected chi connectivity index (χ0v) is 18.4. The van der Waals surface area contributed by atoms with Crippen molar-refractivity contribution in [3.63, 3.8) is 0 Å². The number of nitrogens with zero attached hydrogens (tertiary/aromatic N) is 2. The molecule has 1 fully saturated rings. The molecule has 0 spiro atoms. The number of rotatable bonds is 7. The number of nitrogens with one attached hydrogen (secondary N) is 2. The Balaban J connectivity index is 1.51. The number of benzene rings is 2. The average Bonchev–Trinajstić information content (AvgIpc) is 2.76. The van der Waals surface area contributed by atoms with Crippen LogP contribution < -0.4 is 14.8 Å². The van der Waals surface area contributed by atoms with Gasteiger partial charge in [-0.25, -0.2) is 13.1 Å². The quantitative estimate of drug-likeness (QED) is 0.521. The van der Waals surface area contributed by atoms with Gasteiger partial charge in [-0.2, -0.15) is 0 Å². The number of piperidine rings is 1. The number of guanidine groups is 1. The first-order valence-electron chi connectivity index (χ1n) is 10.2. The van der Waals surface area contributed by atoms with Crippen LogP contribution >= 0.6 is 0 Å². The molecule has 1 heterocycles. The Hall–Kier alpha value is -2.58. The lowest BCUT2D eigenvalue weighted by molar-refractivity contribution is 0.129. The lowest BCUT2D eigenvalue weighted by atomic mass is 10.1. The Morgan fingerprint density at radius 1 is 1.10 bits per heavy atom. The number of aliphatic imine (C=N–C) groups is 1. The van der Waals surface area contributed by atoms with Gasteiger partial charge in [0.15, 0.2) is 5.96 Å². The first-order valence-corrected chi connectivity index (χ1v) is 11.8. The van der Waals surface area contributed by atoms with E-state index in [9.17, 15) is 8.42 Å². The third kappa shape index (κ3) is 6.47. The van der Waals surface area contributed by atoms with Gasteiger partial charge in [0.1, 0.15) is 11.9 Å². The highest BCUT2D eigenvalue weighted by Gasteiger charge is 2.22. The maximum atomic E-state index is 11.8. The second-order valence-corrected chi connectivity index (χ2v) is 9.23. The maximum Gasteiger partial charge on any atom is 0.215 e. The van der Waals surface area contributed by atoms with Crippen LogP contribution in [0.3, 0.4) is 0 Å². The molecule has 1 saturated heterocycles. The van der Waals surface area contributed by atoms with E-state index in [4.69, 9.17) is 4.74 Å². The lowest BCUT2D eigenvalue weighted by Crippen LogP contribution is -2.47. The summed E-state index contributed by atoms with van der Waals surface area (Å²) in [5.74, 6) is 1.74. The van der Waals surface area contributed by atoms with Gasteiger partial charge in [-0.05, 0) is 30.3 Å². The summed E-state index contributed by atoms with van der Waals surface area (Å²) in [6, 6.07) is 17.5. The normalized spacial score (nSPS) is 15.8. The van der Waals surface area contributed by atoms with E-state index in [0.717, 1.165) is 48.8 Å². The standard InChI is InChI=1S/C22H30N4O3S/c1-23-22(25-16-18-7-6-8-19(15-18)17-30(27,28)24-2)26-13-11-21(12-14-26)29-20-9-4-3-5-10-20/h3-10,15,21,24H,11-14,16-17H2,1-2H3,(H,23,25). The Kier molecular flexibility index (Phi) is 7.70. The molecule has 0 aliphatic carbocycles. The monoisotopic (exact) mass is 430 g/mol. The summed E-state index contributed by atoms with van der Waals surface area (Å²) < 4.78 is 32.0. The molecule has 30 heavy (non-hydrogen) atoms. The largest absolute Gasteiger partial charge is 0.490 e. The minimum atomic E-state index is -3.28. The van der Waals surface area contributed by atoms with Crippen LogP contribution in [0, 0.1) is 0 Å². The molecule has 3 rings (SSSR count). The van der Waals surface area contributed by atoms with E-state index < -0.39 is 10.0 Å². The van der Waals surface area contributed by atoms with Crippen LogP contribution in [0.1, 0.15) is 24.0 Å². The summed E-state index contributed by atoms with van der Waals surface area (Å²) in [5.41, 5.74) is 1.78. The molecule has 0 aromatic heterocycles. The predicted molar refractivity (Wildman–Crippen MR) is 120 cm³/mol. The van der Waals surface area contributed by atoms with Crippen LogP contribution in [0.25, 0.3) is 0 Å². The molecular formula is C22H30N4O3S. The van der Waals surface area contributed by atoms with Gasteiger partial charge >= 0.3 is 0 Å². The number of likely N-dealkylation sites (tertiary alicyclic amines) is 1. The SMILES string of the molecule is CN=C(NCc1cccc(CS(=O)(=O)NC)c1)N1CCC(Oc2ccccc2)CC1. The first-order chi connectivity index (χ1) is 14.5. The van der Waals surface area contributed by atoms with E-state index in [0.29, 0.717) is 6.54 Å². The van der Waals surface area contributed by atoms with Crippen LogP contribution in [-0.4, -0.2) is 52.6 Å². The molecule has 0 atom stereocenters. The highest BCUT2D eigenvalue weighted by Crippen LogP contribution is 2.19. The second-order valence-electron chi connectivity index (χ2n) is 7.30. The number of hydrogen-bond donors (Lipinski definition) is 2. The van der Waals surface area contributed by atoms with Crippen LogP contribution in [0.4, 0.5) is 0 Å². The molecule has 2 N–H and O–H groups in total. The molecule has 162 valence electrons. The van der Waals surface area contributed by atoms with Crippen molar-refractivity contribution in [2.45, 2.75) is 31.2 Å². The van der Waals surface area contributed by atoms with E-state index in [-0.39, 0.29) is 11.9 Å². The second kappa shape index (κ2) is 10.4. The van der Waals surface area contributed by atoms with Gasteiger partial charge < -0.3 is 15.0 Å². The molecule has 0 bridgehead atoms. The number of sulfonamides is 1. The maximum absolute atomic E-state index is 11.8. The number of ether oxygens (including phenoxy) is 1. The Morgan fingerprint density at radius 2 is 1.80 bits per heavy atom. The number of para-hydroxylation sites is 1. The molecule has 7 nitrogen and oxygen atoms in total. The van der Waals surface area contributed by atoms with Crippen molar-refractivity contribution in [2.75, 3.05) is 27.2 Å². The molecule has 8 heteroatoms. The fraction of sp³-hybridized carbons (Fsp3) is 0.409. The van der Waals surface area contributed by atoms with Gasteiger partial charge in [-0.15, -0.1) is 0 Å². The zero-order chi connectivity index (χ0) is 21.4. The highest BCUT2D eigenvalue weighted by atomic mass is 32.2. The van der Waals surface area contributed by atoms with Crippen molar-refractivity contribution in [2.24, 2.45) is 4.99 Å². The van der Waals surface area contributed by atoms with Gasteiger partial charge in [0.25, 0.3) is 0 Å². The topological polar surface area (TPSA) is 83.0 Å². The average molecular weight is 431 g/mol. The fourth-order valence-corrected chi connectivity index (χ4v) is 4.27. The van der Waals surface area contributed by atoms with Gasteiger partial charge in [-0.3, -0.25) is 4.99 Å². The van der Waals surface area contributed by atoms with Crippen molar-refractivity contribution < 1.29 is 13.2 Å². The van der Waals surface area contributed by atoms with Crippen molar-refractivity contribution in [3.05, 3.63) is 65.7 Å². The van der Waals surface area contributed by atoms with Crippen LogP contribution in [0.15, 0.2) is 59.6 Å². The van der Waals surface area contributed by atoms with E-state index >= 15 is 0 Å². The molecule has 1 aliphatic heterocycles. The summed E-state index contributed by atoms with van der Waals surface area (Å²) >= 11 is 0. The summed E-state index contributed by atoms with van der Waals surface area (Å²) in [5, 5.41) is 3.39. The molecule has 0 amide bonds.